The van der Waals surface area contributed by atoms with Crippen LogP contribution in [0.25, 0.3) is 5.82 Å². The molecule has 1 N–H and O–H groups in total. The van der Waals surface area contributed by atoms with Gasteiger partial charge in [-0.25, -0.2) is 9.97 Å². The van der Waals surface area contributed by atoms with Crippen LogP contribution in [0.1, 0.15) is 37.0 Å². The molecule has 0 spiro atoms. The highest BCUT2D eigenvalue weighted by atomic mass is 16.3. The van der Waals surface area contributed by atoms with Crippen molar-refractivity contribution in [1.82, 2.24) is 19.4 Å². The van der Waals surface area contributed by atoms with Crippen LogP contribution < -0.4 is 0 Å². The first kappa shape index (κ1) is 15.7. The molecule has 0 aromatic carbocycles. The molecule has 1 unspecified atom stereocenters. The van der Waals surface area contributed by atoms with E-state index in [1.54, 1.807) is 41.6 Å². The number of imidazole rings is 1. The topological polar surface area (TPSA) is 71.2 Å². The summed E-state index contributed by atoms with van der Waals surface area (Å²) < 4.78 is 1.77. The van der Waals surface area contributed by atoms with Crippen LogP contribution in [-0.2, 0) is 0 Å². The van der Waals surface area contributed by atoms with Crippen LogP contribution in [0.3, 0.4) is 0 Å². The molecule has 3 heterocycles. The van der Waals surface area contributed by atoms with Gasteiger partial charge in [-0.05, 0) is 30.4 Å². The van der Waals surface area contributed by atoms with Crippen LogP contribution in [0.4, 0.5) is 0 Å². The second-order valence-electron chi connectivity index (χ2n) is 6.91. The molecule has 1 aliphatic heterocycles. The first-order valence-corrected chi connectivity index (χ1v) is 7.86. The Labute approximate surface area is 135 Å². The minimum absolute atomic E-state index is 0.0176. The summed E-state index contributed by atoms with van der Waals surface area (Å²) >= 11 is 0. The number of carbonyl (C=O) groups excluding carboxylic acids is 1. The van der Waals surface area contributed by atoms with Crippen LogP contribution >= 0.6 is 0 Å². The number of amides is 1. The van der Waals surface area contributed by atoms with E-state index < -0.39 is 0 Å². The third kappa shape index (κ3) is 3.59. The number of aromatic nitrogens is 3. The van der Waals surface area contributed by atoms with Crippen molar-refractivity contribution in [2.45, 2.75) is 32.8 Å². The molecule has 2 aromatic rings. The predicted octanol–water partition coefficient (Wildman–Crippen LogP) is 1.89. The van der Waals surface area contributed by atoms with Gasteiger partial charge in [-0.15, -0.1) is 0 Å². The second kappa shape index (κ2) is 6.12. The zero-order chi connectivity index (χ0) is 16.4. The van der Waals surface area contributed by atoms with Crippen molar-refractivity contribution in [2.24, 2.45) is 5.41 Å². The summed E-state index contributed by atoms with van der Waals surface area (Å²) in [7, 11) is 0. The van der Waals surface area contributed by atoms with Gasteiger partial charge in [-0.2, -0.15) is 0 Å². The zero-order valence-electron chi connectivity index (χ0n) is 13.5. The lowest BCUT2D eigenvalue weighted by Gasteiger charge is -2.29. The summed E-state index contributed by atoms with van der Waals surface area (Å²) in [6.07, 6.45) is 7.75. The van der Waals surface area contributed by atoms with Gasteiger partial charge in [0.15, 0.2) is 0 Å². The quantitative estimate of drug-likeness (QED) is 0.919. The molecule has 1 fully saturated rings. The molecule has 2 aromatic heterocycles. The van der Waals surface area contributed by atoms with Crippen molar-refractivity contribution in [2.75, 3.05) is 13.1 Å². The lowest BCUT2D eigenvalue weighted by molar-refractivity contribution is 0.0704. The predicted molar refractivity (Wildman–Crippen MR) is 86.3 cm³/mol. The molecule has 122 valence electrons. The Kier molecular flexibility index (Phi) is 4.17. The van der Waals surface area contributed by atoms with Gasteiger partial charge in [0.05, 0.1) is 6.10 Å². The fraction of sp³-hybridized carbons (Fsp3) is 0.471. The Morgan fingerprint density at radius 1 is 1.39 bits per heavy atom. The van der Waals surface area contributed by atoms with E-state index in [0.29, 0.717) is 37.3 Å². The summed E-state index contributed by atoms with van der Waals surface area (Å²) in [6.45, 7) is 5.40. The molecular formula is C17H22N4O2. The Morgan fingerprint density at radius 2 is 2.22 bits per heavy atom. The molecule has 0 bridgehead atoms. The van der Waals surface area contributed by atoms with Crippen LogP contribution in [-0.4, -0.2) is 49.6 Å². The maximum atomic E-state index is 12.9. The van der Waals surface area contributed by atoms with Gasteiger partial charge in [-0.3, -0.25) is 9.36 Å². The third-order valence-corrected chi connectivity index (χ3v) is 4.19. The van der Waals surface area contributed by atoms with Crippen molar-refractivity contribution in [3.8, 4) is 5.82 Å². The third-order valence-electron chi connectivity index (χ3n) is 4.19. The van der Waals surface area contributed by atoms with Gasteiger partial charge >= 0.3 is 0 Å². The molecule has 6 heteroatoms. The smallest absolute Gasteiger partial charge is 0.254 e. The minimum Gasteiger partial charge on any atom is -0.393 e. The molecule has 3 rings (SSSR count). The number of aliphatic hydroxyl groups is 1. The molecule has 0 radical (unpaired) electrons. The van der Waals surface area contributed by atoms with Crippen LogP contribution in [0, 0.1) is 5.41 Å². The number of hydrogen-bond donors (Lipinski definition) is 1. The Balaban J connectivity index is 1.84. The van der Waals surface area contributed by atoms with E-state index in [1.165, 1.54) is 0 Å². The zero-order valence-corrected chi connectivity index (χ0v) is 13.5. The molecule has 1 saturated heterocycles. The average Bonchev–Trinajstić information content (AvgIpc) is 3.00. The average molecular weight is 314 g/mol. The van der Waals surface area contributed by atoms with Gasteiger partial charge < -0.3 is 10.0 Å². The second-order valence-corrected chi connectivity index (χ2v) is 6.91. The standard InChI is InChI=1S/C17H22N4O2/c1-17(2)10-14(22)4-7-20(11-17)16(23)13-3-5-19-15(9-13)21-8-6-18-12-21/h3,5-6,8-9,12,14,22H,4,7,10-11H2,1-2H3. The van der Waals surface area contributed by atoms with E-state index in [4.69, 9.17) is 0 Å². The van der Waals surface area contributed by atoms with Crippen molar-refractivity contribution in [3.63, 3.8) is 0 Å². The van der Waals surface area contributed by atoms with Crippen molar-refractivity contribution in [3.05, 3.63) is 42.6 Å². The monoisotopic (exact) mass is 314 g/mol. The molecule has 0 aliphatic carbocycles. The molecular weight excluding hydrogens is 292 g/mol. The highest BCUT2D eigenvalue weighted by Gasteiger charge is 2.31. The van der Waals surface area contributed by atoms with E-state index >= 15 is 0 Å². The molecule has 6 nitrogen and oxygen atoms in total. The maximum absolute atomic E-state index is 12.9. The highest BCUT2D eigenvalue weighted by molar-refractivity contribution is 5.94. The SMILES string of the molecule is CC1(C)CC(O)CCN(C(=O)c2ccnc(-n3ccnc3)c2)C1. The number of pyridine rings is 1. The number of aliphatic hydroxyl groups excluding tert-OH is 1. The van der Waals surface area contributed by atoms with Crippen molar-refractivity contribution >= 4 is 5.91 Å². The number of likely N-dealkylation sites (tertiary alicyclic amines) is 1. The molecule has 0 saturated carbocycles. The lowest BCUT2D eigenvalue weighted by Crippen LogP contribution is -2.37. The Morgan fingerprint density at radius 3 is 2.96 bits per heavy atom. The molecule has 1 atom stereocenters. The normalized spacial score (nSPS) is 21.0. The van der Waals surface area contributed by atoms with Crippen LogP contribution in [0.2, 0.25) is 0 Å². The number of hydrogen-bond acceptors (Lipinski definition) is 4. The first-order valence-electron chi connectivity index (χ1n) is 7.86. The van der Waals surface area contributed by atoms with E-state index in [-0.39, 0.29) is 17.4 Å². The van der Waals surface area contributed by atoms with E-state index in [1.807, 2.05) is 4.90 Å². The summed E-state index contributed by atoms with van der Waals surface area (Å²) in [6, 6.07) is 3.51. The van der Waals surface area contributed by atoms with Crippen LogP contribution in [0.5, 0.6) is 0 Å². The van der Waals surface area contributed by atoms with Crippen molar-refractivity contribution < 1.29 is 9.90 Å². The summed E-state index contributed by atoms with van der Waals surface area (Å²) in [5.74, 6) is 0.651. The maximum Gasteiger partial charge on any atom is 0.254 e. The Bertz CT molecular complexity index is 682. The van der Waals surface area contributed by atoms with E-state index in [9.17, 15) is 9.90 Å². The molecule has 23 heavy (non-hydrogen) atoms. The summed E-state index contributed by atoms with van der Waals surface area (Å²) in [4.78, 5) is 23.0. The number of rotatable bonds is 2. The molecule has 1 amide bonds. The fourth-order valence-electron chi connectivity index (χ4n) is 3.15. The minimum atomic E-state index is -0.346. The first-order chi connectivity index (χ1) is 10.9. The number of carbonyl (C=O) groups is 1. The van der Waals surface area contributed by atoms with Gasteiger partial charge in [-0.1, -0.05) is 13.8 Å². The summed E-state index contributed by atoms with van der Waals surface area (Å²) in [5, 5.41) is 10.0. The van der Waals surface area contributed by atoms with Gasteiger partial charge in [0.1, 0.15) is 12.1 Å². The largest absolute Gasteiger partial charge is 0.393 e. The van der Waals surface area contributed by atoms with Gasteiger partial charge in [0.25, 0.3) is 5.91 Å². The van der Waals surface area contributed by atoms with E-state index in [2.05, 4.69) is 23.8 Å². The highest BCUT2D eigenvalue weighted by Crippen LogP contribution is 2.29. The van der Waals surface area contributed by atoms with Gasteiger partial charge in [0, 0.05) is 37.2 Å². The summed E-state index contributed by atoms with van der Waals surface area (Å²) in [5.41, 5.74) is 0.516. The van der Waals surface area contributed by atoms with Crippen molar-refractivity contribution in [1.29, 1.82) is 0 Å². The van der Waals surface area contributed by atoms with Gasteiger partial charge in [0.2, 0.25) is 0 Å². The molecule has 1 aliphatic rings. The number of nitrogens with zero attached hydrogens (tertiary/aromatic N) is 4. The Hall–Kier alpha value is -2.21. The fourth-order valence-corrected chi connectivity index (χ4v) is 3.15. The van der Waals surface area contributed by atoms with E-state index in [0.717, 1.165) is 0 Å². The lowest BCUT2D eigenvalue weighted by atomic mass is 9.87. The van der Waals surface area contributed by atoms with Crippen LogP contribution in [0.15, 0.2) is 37.1 Å².